The van der Waals surface area contributed by atoms with Crippen LogP contribution < -0.4 is 4.90 Å². The molecule has 0 N–H and O–H groups in total. The Kier molecular flexibility index (Phi) is 4.16. The van der Waals surface area contributed by atoms with Crippen molar-refractivity contribution < 1.29 is 18.0 Å². The van der Waals surface area contributed by atoms with Crippen LogP contribution in [0.5, 0.6) is 0 Å². The second-order valence-corrected chi connectivity index (χ2v) is 4.21. The van der Waals surface area contributed by atoms with Gasteiger partial charge in [-0.15, -0.1) is 0 Å². The number of rotatable bonds is 4. The van der Waals surface area contributed by atoms with Crippen molar-refractivity contribution in [3.8, 4) is 0 Å². The third-order valence-electron chi connectivity index (χ3n) is 2.38. The highest BCUT2D eigenvalue weighted by atomic mass is 19.4. The second kappa shape index (κ2) is 5.25. The van der Waals surface area contributed by atoms with Crippen LogP contribution >= 0.6 is 0 Å². The van der Waals surface area contributed by atoms with Crippen molar-refractivity contribution in [3.63, 3.8) is 0 Å². The van der Waals surface area contributed by atoms with E-state index in [2.05, 4.69) is 6.58 Å². The number of hydrogen-bond donors (Lipinski definition) is 0. The van der Waals surface area contributed by atoms with Crippen LogP contribution in [-0.2, 0) is 6.18 Å². The second-order valence-electron chi connectivity index (χ2n) is 4.21. The quantitative estimate of drug-likeness (QED) is 0.607. The van der Waals surface area contributed by atoms with Gasteiger partial charge in [0.1, 0.15) is 6.29 Å². The van der Waals surface area contributed by atoms with Gasteiger partial charge >= 0.3 is 6.18 Å². The molecule has 0 aliphatic rings. The van der Waals surface area contributed by atoms with Crippen LogP contribution in [-0.4, -0.2) is 19.9 Å². The van der Waals surface area contributed by atoms with Crippen LogP contribution in [0.3, 0.4) is 0 Å². The maximum Gasteiger partial charge on any atom is 0.418 e. The average Bonchev–Trinajstić information content (AvgIpc) is 2.26. The Morgan fingerprint density at radius 3 is 2.50 bits per heavy atom. The van der Waals surface area contributed by atoms with Crippen LogP contribution in [0.2, 0.25) is 0 Å². The maximum atomic E-state index is 12.9. The Morgan fingerprint density at radius 2 is 2.06 bits per heavy atom. The molecule has 0 saturated carbocycles. The van der Waals surface area contributed by atoms with Gasteiger partial charge in [-0.1, -0.05) is 12.2 Å². The minimum Gasteiger partial charge on any atom is -0.370 e. The lowest BCUT2D eigenvalue weighted by atomic mass is 10.1. The lowest BCUT2D eigenvalue weighted by Crippen LogP contribution is -2.23. The number of carbonyl (C=O) groups is 1. The molecule has 0 amide bonds. The third kappa shape index (κ3) is 3.35. The molecule has 1 rings (SSSR count). The Bertz CT molecular complexity index is 466. The molecule has 1 aromatic carbocycles. The van der Waals surface area contributed by atoms with Gasteiger partial charge in [0.2, 0.25) is 0 Å². The molecule has 98 valence electrons. The number of nitrogens with zero attached hydrogens (tertiary/aromatic N) is 1. The molecule has 0 heterocycles. The first kappa shape index (κ1) is 14.3. The van der Waals surface area contributed by atoms with Crippen molar-refractivity contribution in [2.24, 2.45) is 0 Å². The van der Waals surface area contributed by atoms with E-state index in [0.717, 1.165) is 11.6 Å². The van der Waals surface area contributed by atoms with E-state index >= 15 is 0 Å². The highest BCUT2D eigenvalue weighted by molar-refractivity contribution is 5.77. The Balaban J connectivity index is 3.26. The molecule has 0 aromatic heterocycles. The fourth-order valence-electron chi connectivity index (χ4n) is 1.68. The summed E-state index contributed by atoms with van der Waals surface area (Å²) in [6.07, 6.45) is -4.09. The Morgan fingerprint density at radius 1 is 1.44 bits per heavy atom. The predicted octanol–water partition coefficient (Wildman–Crippen LogP) is 3.53. The molecule has 18 heavy (non-hydrogen) atoms. The molecule has 0 saturated heterocycles. The summed E-state index contributed by atoms with van der Waals surface area (Å²) in [5, 5.41) is 0. The number of halogens is 3. The Hall–Kier alpha value is -1.78. The standard InChI is InChI=1S/C13H14F3NO/c1-9(2)7-17(3)12-5-4-10(8-18)6-11(12)13(14,15)16/h4-6,8H,1,7H2,2-3H3. The summed E-state index contributed by atoms with van der Waals surface area (Å²) in [6.45, 7) is 5.73. The lowest BCUT2D eigenvalue weighted by Gasteiger charge is -2.23. The van der Waals surface area contributed by atoms with E-state index < -0.39 is 11.7 Å². The zero-order valence-corrected chi connectivity index (χ0v) is 10.2. The van der Waals surface area contributed by atoms with E-state index in [9.17, 15) is 18.0 Å². The molecule has 1 aromatic rings. The summed E-state index contributed by atoms with van der Waals surface area (Å²) >= 11 is 0. The van der Waals surface area contributed by atoms with Gasteiger partial charge in [-0.05, 0) is 25.1 Å². The van der Waals surface area contributed by atoms with Crippen molar-refractivity contribution in [1.29, 1.82) is 0 Å². The number of anilines is 1. The Labute approximate surface area is 104 Å². The van der Waals surface area contributed by atoms with Crippen LogP contribution in [0.25, 0.3) is 0 Å². The van der Waals surface area contributed by atoms with E-state index in [1.165, 1.54) is 17.0 Å². The van der Waals surface area contributed by atoms with E-state index in [1.807, 2.05) is 0 Å². The highest BCUT2D eigenvalue weighted by Gasteiger charge is 2.34. The highest BCUT2D eigenvalue weighted by Crippen LogP contribution is 2.36. The number of carbonyl (C=O) groups excluding carboxylic acids is 1. The van der Waals surface area contributed by atoms with E-state index in [1.54, 1.807) is 14.0 Å². The molecular weight excluding hydrogens is 243 g/mol. The molecular formula is C13H14F3NO. The zero-order chi connectivity index (χ0) is 13.9. The van der Waals surface area contributed by atoms with Gasteiger partial charge in [0.05, 0.1) is 5.56 Å². The molecule has 0 radical (unpaired) electrons. The molecule has 0 unspecified atom stereocenters. The van der Waals surface area contributed by atoms with Crippen LogP contribution in [0.15, 0.2) is 30.4 Å². The summed E-state index contributed by atoms with van der Waals surface area (Å²) in [7, 11) is 1.56. The molecule has 0 aliphatic heterocycles. The van der Waals surface area contributed by atoms with Gasteiger partial charge in [0.25, 0.3) is 0 Å². The topological polar surface area (TPSA) is 20.3 Å². The monoisotopic (exact) mass is 257 g/mol. The summed E-state index contributed by atoms with van der Waals surface area (Å²) in [6, 6.07) is 3.53. The smallest absolute Gasteiger partial charge is 0.370 e. The molecule has 5 heteroatoms. The van der Waals surface area contributed by atoms with E-state index in [4.69, 9.17) is 0 Å². The average molecular weight is 257 g/mol. The van der Waals surface area contributed by atoms with Crippen molar-refractivity contribution >= 4 is 12.0 Å². The first-order chi connectivity index (χ1) is 8.25. The molecule has 0 bridgehead atoms. The SMILES string of the molecule is C=C(C)CN(C)c1ccc(C=O)cc1C(F)(F)F. The van der Waals surface area contributed by atoms with Gasteiger partial charge in [-0.25, -0.2) is 0 Å². The van der Waals surface area contributed by atoms with Crippen molar-refractivity contribution in [2.75, 3.05) is 18.5 Å². The summed E-state index contributed by atoms with van der Waals surface area (Å²) < 4.78 is 38.7. The van der Waals surface area contributed by atoms with Gasteiger partial charge in [0.15, 0.2) is 0 Å². The normalized spacial score (nSPS) is 11.2. The molecule has 2 nitrogen and oxygen atoms in total. The van der Waals surface area contributed by atoms with Gasteiger partial charge in [-0.3, -0.25) is 4.79 Å². The number of alkyl halides is 3. The number of hydrogen-bond acceptors (Lipinski definition) is 2. The van der Waals surface area contributed by atoms with Crippen LogP contribution in [0.4, 0.5) is 18.9 Å². The van der Waals surface area contributed by atoms with Crippen molar-refractivity contribution in [3.05, 3.63) is 41.5 Å². The van der Waals surface area contributed by atoms with E-state index in [-0.39, 0.29) is 11.3 Å². The maximum absolute atomic E-state index is 12.9. The molecule has 0 aliphatic carbocycles. The molecule has 0 spiro atoms. The summed E-state index contributed by atoms with van der Waals surface area (Å²) in [5.41, 5.74) is -0.00756. The van der Waals surface area contributed by atoms with Gasteiger partial charge < -0.3 is 4.90 Å². The third-order valence-corrected chi connectivity index (χ3v) is 2.38. The largest absolute Gasteiger partial charge is 0.418 e. The molecule has 0 atom stereocenters. The predicted molar refractivity (Wildman–Crippen MR) is 64.9 cm³/mol. The van der Waals surface area contributed by atoms with Crippen molar-refractivity contribution in [2.45, 2.75) is 13.1 Å². The molecule has 0 fully saturated rings. The number of likely N-dealkylation sites (N-methyl/N-ethyl adjacent to an activating group) is 1. The minimum atomic E-state index is -4.49. The van der Waals surface area contributed by atoms with E-state index in [0.29, 0.717) is 12.8 Å². The lowest BCUT2D eigenvalue weighted by molar-refractivity contribution is -0.137. The first-order valence-corrected chi connectivity index (χ1v) is 5.27. The minimum absolute atomic E-state index is 0.00907. The fraction of sp³-hybridized carbons (Fsp3) is 0.308. The zero-order valence-electron chi connectivity index (χ0n) is 10.2. The first-order valence-electron chi connectivity index (χ1n) is 5.27. The number of aldehydes is 1. The van der Waals surface area contributed by atoms with Gasteiger partial charge in [0, 0.05) is 24.8 Å². The number of benzene rings is 1. The summed E-state index contributed by atoms with van der Waals surface area (Å²) in [5.74, 6) is 0. The van der Waals surface area contributed by atoms with Crippen molar-refractivity contribution in [1.82, 2.24) is 0 Å². The van der Waals surface area contributed by atoms with Gasteiger partial charge in [-0.2, -0.15) is 13.2 Å². The van der Waals surface area contributed by atoms with Crippen LogP contribution in [0, 0.1) is 0 Å². The fourth-order valence-corrected chi connectivity index (χ4v) is 1.68. The van der Waals surface area contributed by atoms with Crippen LogP contribution in [0.1, 0.15) is 22.8 Å². The summed E-state index contributed by atoms with van der Waals surface area (Å²) in [4.78, 5) is 12.0.